The van der Waals surface area contributed by atoms with Crippen LogP contribution >= 0.6 is 0 Å². The predicted molar refractivity (Wildman–Crippen MR) is 69.4 cm³/mol. The van der Waals surface area contributed by atoms with Crippen LogP contribution in [0, 0.1) is 5.92 Å². The first kappa shape index (κ1) is 13.2. The Morgan fingerprint density at radius 1 is 1.32 bits per heavy atom. The molecule has 0 atom stereocenters. The van der Waals surface area contributed by atoms with Crippen LogP contribution in [0.15, 0.2) is 18.2 Å². The number of rotatable bonds is 4. The molecule has 6 nitrogen and oxygen atoms in total. The number of carboxylic acids is 1. The fourth-order valence-electron chi connectivity index (χ4n) is 1.92. The van der Waals surface area contributed by atoms with Crippen LogP contribution in [0.5, 0.6) is 5.75 Å². The Morgan fingerprint density at radius 3 is 2.63 bits per heavy atom. The molecule has 0 saturated heterocycles. The molecule has 1 aliphatic carbocycles. The second-order valence-corrected chi connectivity index (χ2v) is 4.67. The van der Waals surface area contributed by atoms with Gasteiger partial charge in [0, 0.05) is 6.54 Å². The Balaban J connectivity index is 1.97. The quantitative estimate of drug-likeness (QED) is 0.625. The molecule has 0 radical (unpaired) electrons. The molecule has 1 aromatic rings. The Bertz CT molecular complexity index is 497. The molecule has 102 valence electrons. The van der Waals surface area contributed by atoms with Gasteiger partial charge in [-0.3, -0.25) is 0 Å². The van der Waals surface area contributed by atoms with E-state index in [1.807, 2.05) is 0 Å². The first-order valence-corrected chi connectivity index (χ1v) is 6.17. The third kappa shape index (κ3) is 3.37. The number of hydrogen-bond acceptors (Lipinski definition) is 3. The van der Waals surface area contributed by atoms with Crippen molar-refractivity contribution in [2.75, 3.05) is 11.9 Å². The zero-order valence-electron chi connectivity index (χ0n) is 10.3. The summed E-state index contributed by atoms with van der Waals surface area (Å²) in [6.07, 6.45) is 3.45. The average Bonchev–Trinajstić information content (AvgIpc) is 2.29. The van der Waals surface area contributed by atoms with Gasteiger partial charge in [-0.2, -0.15) is 0 Å². The number of amides is 2. The maximum absolute atomic E-state index is 11.6. The minimum atomic E-state index is -1.20. The van der Waals surface area contributed by atoms with Gasteiger partial charge in [0.05, 0.1) is 11.3 Å². The molecule has 19 heavy (non-hydrogen) atoms. The molecular formula is C13H16N2O4. The fourth-order valence-corrected chi connectivity index (χ4v) is 1.92. The number of urea groups is 1. The van der Waals surface area contributed by atoms with E-state index in [0.29, 0.717) is 12.5 Å². The van der Waals surface area contributed by atoms with Crippen molar-refractivity contribution in [2.45, 2.75) is 19.3 Å². The van der Waals surface area contributed by atoms with Gasteiger partial charge < -0.3 is 20.8 Å². The van der Waals surface area contributed by atoms with Crippen LogP contribution in [-0.4, -0.2) is 28.8 Å². The van der Waals surface area contributed by atoms with Crippen molar-refractivity contribution < 1.29 is 19.8 Å². The number of hydrogen-bond donors (Lipinski definition) is 4. The summed E-state index contributed by atoms with van der Waals surface area (Å²) < 4.78 is 0. The molecule has 0 aromatic heterocycles. The standard InChI is InChI=1S/C13H16N2O4/c16-9-4-5-11(10(6-9)12(17)18)15-13(19)14-7-8-2-1-3-8/h4-6,8,16H,1-3,7H2,(H,17,18)(H2,14,15,19). The number of aromatic hydroxyl groups is 1. The van der Waals surface area contributed by atoms with Crippen molar-refractivity contribution in [1.82, 2.24) is 5.32 Å². The SMILES string of the molecule is O=C(NCC1CCC1)Nc1ccc(O)cc1C(=O)O. The summed E-state index contributed by atoms with van der Waals surface area (Å²) >= 11 is 0. The van der Waals surface area contributed by atoms with Gasteiger partial charge in [0.2, 0.25) is 0 Å². The summed E-state index contributed by atoms with van der Waals surface area (Å²) in [7, 11) is 0. The molecule has 1 saturated carbocycles. The lowest BCUT2D eigenvalue weighted by atomic mass is 9.85. The van der Waals surface area contributed by atoms with Crippen LogP contribution in [-0.2, 0) is 0 Å². The van der Waals surface area contributed by atoms with Crippen molar-refractivity contribution in [3.05, 3.63) is 23.8 Å². The van der Waals surface area contributed by atoms with Gasteiger partial charge in [0.15, 0.2) is 0 Å². The first-order chi connectivity index (χ1) is 9.06. The highest BCUT2D eigenvalue weighted by molar-refractivity contribution is 6.00. The Morgan fingerprint density at radius 2 is 2.05 bits per heavy atom. The number of anilines is 1. The Kier molecular flexibility index (Phi) is 3.89. The third-order valence-electron chi connectivity index (χ3n) is 3.26. The molecular weight excluding hydrogens is 248 g/mol. The maximum Gasteiger partial charge on any atom is 0.337 e. The third-order valence-corrected chi connectivity index (χ3v) is 3.26. The van der Waals surface area contributed by atoms with Crippen molar-refractivity contribution in [2.24, 2.45) is 5.92 Å². The van der Waals surface area contributed by atoms with Crippen LogP contribution in [0.3, 0.4) is 0 Å². The number of nitrogens with one attached hydrogen (secondary N) is 2. The largest absolute Gasteiger partial charge is 0.508 e. The zero-order chi connectivity index (χ0) is 13.8. The minimum Gasteiger partial charge on any atom is -0.508 e. The number of phenols is 1. The van der Waals surface area contributed by atoms with Gasteiger partial charge in [0.1, 0.15) is 5.75 Å². The average molecular weight is 264 g/mol. The molecule has 2 amide bonds. The molecule has 1 aliphatic rings. The molecule has 0 aliphatic heterocycles. The number of phenolic OH excluding ortho intramolecular Hbond substituents is 1. The molecule has 4 N–H and O–H groups in total. The highest BCUT2D eigenvalue weighted by Gasteiger charge is 2.18. The van der Waals surface area contributed by atoms with Gasteiger partial charge in [-0.25, -0.2) is 9.59 Å². The smallest absolute Gasteiger partial charge is 0.337 e. The van der Waals surface area contributed by atoms with Gasteiger partial charge >= 0.3 is 12.0 Å². The topological polar surface area (TPSA) is 98.7 Å². The van der Waals surface area contributed by atoms with E-state index in [9.17, 15) is 14.7 Å². The van der Waals surface area contributed by atoms with E-state index in [1.54, 1.807) is 0 Å². The van der Waals surface area contributed by atoms with Gasteiger partial charge in [-0.1, -0.05) is 6.42 Å². The second kappa shape index (κ2) is 5.60. The molecule has 0 heterocycles. The number of benzene rings is 1. The molecule has 0 spiro atoms. The van der Waals surface area contributed by atoms with Crippen LogP contribution < -0.4 is 10.6 Å². The lowest BCUT2D eigenvalue weighted by Crippen LogP contribution is -2.35. The van der Waals surface area contributed by atoms with Crippen molar-refractivity contribution in [1.29, 1.82) is 0 Å². The van der Waals surface area contributed by atoms with Gasteiger partial charge in [-0.15, -0.1) is 0 Å². The van der Waals surface area contributed by atoms with Crippen molar-refractivity contribution in [3.8, 4) is 5.75 Å². The van der Waals surface area contributed by atoms with E-state index in [1.165, 1.54) is 18.6 Å². The predicted octanol–water partition coefficient (Wildman–Crippen LogP) is 2.01. The van der Waals surface area contributed by atoms with Crippen LogP contribution in [0.25, 0.3) is 0 Å². The van der Waals surface area contributed by atoms with Crippen molar-refractivity contribution in [3.63, 3.8) is 0 Å². The van der Waals surface area contributed by atoms with Gasteiger partial charge in [0.25, 0.3) is 0 Å². The zero-order valence-corrected chi connectivity index (χ0v) is 10.3. The summed E-state index contributed by atoms with van der Waals surface area (Å²) in [5.41, 5.74) is 0.0233. The van der Waals surface area contributed by atoms with Gasteiger partial charge in [-0.05, 0) is 37.0 Å². The maximum atomic E-state index is 11.6. The summed E-state index contributed by atoms with van der Waals surface area (Å²) in [6.45, 7) is 0.603. The van der Waals surface area contributed by atoms with E-state index < -0.39 is 12.0 Å². The molecule has 6 heteroatoms. The minimum absolute atomic E-state index is 0.140. The summed E-state index contributed by atoms with van der Waals surface area (Å²) in [6, 6.07) is 3.36. The summed E-state index contributed by atoms with van der Waals surface area (Å²) in [5, 5.41) is 23.4. The number of carboxylic acid groups (broad SMARTS) is 1. The molecule has 2 rings (SSSR count). The van der Waals surface area contributed by atoms with E-state index in [0.717, 1.165) is 18.9 Å². The normalized spacial score (nSPS) is 14.5. The summed E-state index contributed by atoms with van der Waals surface area (Å²) in [4.78, 5) is 22.6. The summed E-state index contributed by atoms with van der Waals surface area (Å²) in [5.74, 6) is -0.826. The Labute approximate surface area is 110 Å². The molecule has 1 fully saturated rings. The fraction of sp³-hybridized carbons (Fsp3) is 0.385. The van der Waals surface area contributed by atoms with E-state index in [4.69, 9.17) is 5.11 Å². The molecule has 0 bridgehead atoms. The highest BCUT2D eigenvalue weighted by Crippen LogP contribution is 2.25. The highest BCUT2D eigenvalue weighted by atomic mass is 16.4. The number of carbonyl (C=O) groups excluding carboxylic acids is 1. The van der Waals surface area contributed by atoms with Crippen LogP contribution in [0.1, 0.15) is 29.6 Å². The number of aromatic carboxylic acids is 1. The van der Waals surface area contributed by atoms with E-state index in [2.05, 4.69) is 10.6 Å². The lowest BCUT2D eigenvalue weighted by molar-refractivity contribution is 0.0697. The van der Waals surface area contributed by atoms with E-state index in [-0.39, 0.29) is 17.0 Å². The lowest BCUT2D eigenvalue weighted by Gasteiger charge is -2.25. The molecule has 0 unspecified atom stereocenters. The Hall–Kier alpha value is -2.24. The van der Waals surface area contributed by atoms with Crippen molar-refractivity contribution >= 4 is 17.7 Å². The van der Waals surface area contributed by atoms with Crippen LogP contribution in [0.4, 0.5) is 10.5 Å². The van der Waals surface area contributed by atoms with E-state index >= 15 is 0 Å². The van der Waals surface area contributed by atoms with Crippen LogP contribution in [0.2, 0.25) is 0 Å². The first-order valence-electron chi connectivity index (χ1n) is 6.17. The molecule has 1 aromatic carbocycles. The second-order valence-electron chi connectivity index (χ2n) is 4.67. The monoisotopic (exact) mass is 264 g/mol. The number of carbonyl (C=O) groups is 2.